The average molecular weight is 341 g/mol. The lowest BCUT2D eigenvalue weighted by Crippen LogP contribution is -2.35. The van der Waals surface area contributed by atoms with Crippen molar-refractivity contribution in [3.8, 4) is 0 Å². The number of nitrogens with one attached hydrogen (secondary N) is 1. The van der Waals surface area contributed by atoms with E-state index >= 15 is 0 Å². The molecule has 0 radical (unpaired) electrons. The molecule has 1 aromatic rings. The molecule has 0 aromatic carbocycles. The number of thioether (sulfide) groups is 1. The molecule has 1 aromatic heterocycles. The van der Waals surface area contributed by atoms with Crippen LogP contribution in [-0.2, 0) is 11.2 Å². The number of aromatic nitrogens is 4. The van der Waals surface area contributed by atoms with Gasteiger partial charge in [-0.05, 0) is 37.9 Å². The van der Waals surface area contributed by atoms with Crippen molar-refractivity contribution in [2.75, 3.05) is 18.1 Å². The minimum absolute atomic E-state index is 0.230. The van der Waals surface area contributed by atoms with Crippen molar-refractivity contribution in [3.05, 3.63) is 5.82 Å². The van der Waals surface area contributed by atoms with E-state index in [-0.39, 0.29) is 12.0 Å². The van der Waals surface area contributed by atoms with Gasteiger partial charge >= 0.3 is 0 Å². The van der Waals surface area contributed by atoms with E-state index in [1.165, 1.54) is 0 Å². The molecule has 0 bridgehead atoms. The largest absolute Gasteiger partial charge is 0.393 e. The number of amides is 1. The molecule has 8 heteroatoms. The van der Waals surface area contributed by atoms with E-state index in [4.69, 9.17) is 0 Å². The number of aromatic amines is 1. The van der Waals surface area contributed by atoms with Crippen LogP contribution in [0.4, 0.5) is 0 Å². The Labute approximate surface area is 141 Å². The highest BCUT2D eigenvalue weighted by molar-refractivity contribution is 7.99. The van der Waals surface area contributed by atoms with E-state index in [1.54, 1.807) is 0 Å². The van der Waals surface area contributed by atoms with Gasteiger partial charge in [0, 0.05) is 31.2 Å². The van der Waals surface area contributed by atoms with Gasteiger partial charge in [0.25, 0.3) is 0 Å². The summed E-state index contributed by atoms with van der Waals surface area (Å²) in [4.78, 5) is 14.0. The third-order valence-electron chi connectivity index (χ3n) is 4.31. The first-order chi connectivity index (χ1) is 11.2. The third kappa shape index (κ3) is 6.10. The second-order valence-corrected chi connectivity index (χ2v) is 7.19. The molecule has 2 heterocycles. The van der Waals surface area contributed by atoms with Crippen LogP contribution < -0.4 is 0 Å². The second-order valence-electron chi connectivity index (χ2n) is 5.96. The number of H-pyrrole nitrogens is 1. The first kappa shape index (κ1) is 18.2. The maximum atomic E-state index is 12.0. The van der Waals surface area contributed by atoms with Crippen molar-refractivity contribution < 1.29 is 9.90 Å². The second kappa shape index (κ2) is 9.87. The molecule has 0 unspecified atom stereocenters. The van der Waals surface area contributed by atoms with Gasteiger partial charge < -0.3 is 10.0 Å². The highest BCUT2D eigenvalue weighted by Gasteiger charge is 2.30. The molecule has 0 saturated carbocycles. The Morgan fingerprint density at radius 1 is 1.48 bits per heavy atom. The number of aryl methyl sites for hydroxylation is 1. The molecule has 130 valence electrons. The fourth-order valence-corrected chi connectivity index (χ4v) is 3.75. The van der Waals surface area contributed by atoms with Gasteiger partial charge in [0.05, 0.1) is 6.10 Å². The van der Waals surface area contributed by atoms with Crippen molar-refractivity contribution in [2.24, 2.45) is 0 Å². The molecule has 2 rings (SSSR count). The SMILES string of the molecule is CC[C@H](O)CC[C@H]1CCC(=O)N1CCSCCCc1nn[nH]n1. The van der Waals surface area contributed by atoms with Crippen molar-refractivity contribution in [1.29, 1.82) is 0 Å². The minimum atomic E-state index is -0.230. The van der Waals surface area contributed by atoms with E-state index in [1.807, 2.05) is 23.6 Å². The summed E-state index contributed by atoms with van der Waals surface area (Å²) in [6, 6.07) is 0.323. The number of aliphatic hydroxyl groups is 1. The third-order valence-corrected chi connectivity index (χ3v) is 5.36. The monoisotopic (exact) mass is 341 g/mol. The number of tetrazole rings is 1. The summed E-state index contributed by atoms with van der Waals surface area (Å²) in [5, 5.41) is 23.5. The lowest BCUT2D eigenvalue weighted by molar-refractivity contribution is -0.128. The molecule has 1 fully saturated rings. The zero-order chi connectivity index (χ0) is 16.5. The Hall–Kier alpha value is -1.15. The Kier molecular flexibility index (Phi) is 7.81. The smallest absolute Gasteiger partial charge is 0.222 e. The molecule has 2 N–H and O–H groups in total. The van der Waals surface area contributed by atoms with E-state index in [2.05, 4.69) is 20.6 Å². The quantitative estimate of drug-likeness (QED) is 0.591. The van der Waals surface area contributed by atoms with Gasteiger partial charge in [0.2, 0.25) is 5.91 Å². The molecule has 0 spiro atoms. The predicted molar refractivity (Wildman–Crippen MR) is 90.1 cm³/mol. The Morgan fingerprint density at radius 3 is 3.09 bits per heavy atom. The molecule has 1 aliphatic rings. The van der Waals surface area contributed by atoms with Gasteiger partial charge in [-0.3, -0.25) is 4.79 Å². The van der Waals surface area contributed by atoms with E-state index < -0.39 is 0 Å². The van der Waals surface area contributed by atoms with E-state index in [9.17, 15) is 9.90 Å². The molecule has 1 aliphatic heterocycles. The topological polar surface area (TPSA) is 95.0 Å². The van der Waals surface area contributed by atoms with Crippen LogP contribution in [0, 0.1) is 0 Å². The van der Waals surface area contributed by atoms with Gasteiger partial charge in [-0.2, -0.15) is 17.0 Å². The van der Waals surface area contributed by atoms with Crippen molar-refractivity contribution in [1.82, 2.24) is 25.5 Å². The van der Waals surface area contributed by atoms with Crippen LogP contribution in [0.5, 0.6) is 0 Å². The van der Waals surface area contributed by atoms with Crippen LogP contribution in [0.3, 0.4) is 0 Å². The fraction of sp³-hybridized carbons (Fsp3) is 0.867. The number of likely N-dealkylation sites (tertiary alicyclic amines) is 1. The normalized spacial score (nSPS) is 19.5. The number of carbonyl (C=O) groups excluding carboxylic acids is 1. The van der Waals surface area contributed by atoms with Crippen LogP contribution in [0.1, 0.15) is 51.3 Å². The average Bonchev–Trinajstić information content (AvgIpc) is 3.19. The van der Waals surface area contributed by atoms with Gasteiger partial charge in [-0.25, -0.2) is 0 Å². The van der Waals surface area contributed by atoms with Crippen molar-refractivity contribution >= 4 is 17.7 Å². The zero-order valence-electron chi connectivity index (χ0n) is 13.8. The van der Waals surface area contributed by atoms with Gasteiger partial charge in [-0.15, -0.1) is 10.2 Å². The Bertz CT molecular complexity index is 457. The van der Waals surface area contributed by atoms with Crippen molar-refractivity contribution in [2.45, 2.75) is 64.0 Å². The zero-order valence-corrected chi connectivity index (χ0v) is 14.6. The lowest BCUT2D eigenvalue weighted by Gasteiger charge is -2.25. The van der Waals surface area contributed by atoms with Crippen LogP contribution >= 0.6 is 11.8 Å². The number of hydrogen-bond acceptors (Lipinski definition) is 6. The number of nitrogens with zero attached hydrogens (tertiary/aromatic N) is 4. The highest BCUT2D eigenvalue weighted by Crippen LogP contribution is 2.24. The predicted octanol–water partition coefficient (Wildman–Crippen LogP) is 1.41. The maximum absolute atomic E-state index is 12.0. The van der Waals surface area contributed by atoms with Crippen LogP contribution in [0.25, 0.3) is 0 Å². The first-order valence-corrected chi connectivity index (χ1v) is 9.63. The summed E-state index contributed by atoms with van der Waals surface area (Å²) in [6.45, 7) is 2.81. The summed E-state index contributed by atoms with van der Waals surface area (Å²) in [5.41, 5.74) is 0. The molecule has 1 amide bonds. The van der Waals surface area contributed by atoms with Crippen LogP contribution in [-0.4, -0.2) is 66.7 Å². The molecule has 7 nitrogen and oxygen atoms in total. The fourth-order valence-electron chi connectivity index (χ4n) is 2.88. The summed E-state index contributed by atoms with van der Waals surface area (Å²) < 4.78 is 0. The highest BCUT2D eigenvalue weighted by atomic mass is 32.2. The first-order valence-electron chi connectivity index (χ1n) is 8.48. The minimum Gasteiger partial charge on any atom is -0.393 e. The molecular formula is C15H27N5O2S. The lowest BCUT2D eigenvalue weighted by atomic mass is 10.0. The standard InChI is InChI=1S/C15H27N5O2S/c1-2-13(21)7-5-12-6-8-15(22)20(12)9-11-23-10-3-4-14-16-18-19-17-14/h12-13,21H,2-11H2,1H3,(H,16,17,18,19)/t12-,13-/m0/s1. The van der Waals surface area contributed by atoms with Crippen LogP contribution in [0.2, 0.25) is 0 Å². The van der Waals surface area contributed by atoms with Gasteiger partial charge in [0.15, 0.2) is 5.82 Å². The molecule has 0 aliphatic carbocycles. The Morgan fingerprint density at radius 2 is 2.35 bits per heavy atom. The summed E-state index contributed by atoms with van der Waals surface area (Å²) in [6.07, 6.45) is 5.73. The molecular weight excluding hydrogens is 314 g/mol. The Balaban J connectivity index is 1.59. The number of rotatable bonds is 11. The molecule has 1 saturated heterocycles. The van der Waals surface area contributed by atoms with E-state index in [0.29, 0.717) is 12.5 Å². The maximum Gasteiger partial charge on any atom is 0.222 e. The van der Waals surface area contributed by atoms with Gasteiger partial charge in [-0.1, -0.05) is 12.1 Å². The summed E-state index contributed by atoms with van der Waals surface area (Å²) >= 11 is 1.87. The summed E-state index contributed by atoms with van der Waals surface area (Å²) in [7, 11) is 0. The van der Waals surface area contributed by atoms with Gasteiger partial charge in [0.1, 0.15) is 0 Å². The van der Waals surface area contributed by atoms with Crippen molar-refractivity contribution in [3.63, 3.8) is 0 Å². The van der Waals surface area contributed by atoms with E-state index in [0.717, 1.165) is 62.4 Å². The summed E-state index contributed by atoms with van der Waals surface area (Å²) in [5.74, 6) is 3.03. The molecule has 2 atom stereocenters. The number of aliphatic hydroxyl groups excluding tert-OH is 1. The molecule has 23 heavy (non-hydrogen) atoms. The number of hydrogen-bond donors (Lipinski definition) is 2. The number of carbonyl (C=O) groups is 1. The van der Waals surface area contributed by atoms with Crippen LogP contribution in [0.15, 0.2) is 0 Å².